The molecule has 0 saturated carbocycles. The lowest BCUT2D eigenvalue weighted by Gasteiger charge is -2.19. The van der Waals surface area contributed by atoms with Crippen LogP contribution in [0.25, 0.3) is 0 Å². The highest BCUT2D eigenvalue weighted by Gasteiger charge is 2.19. The molecule has 2 nitrogen and oxygen atoms in total. The van der Waals surface area contributed by atoms with Crippen molar-refractivity contribution in [3.63, 3.8) is 0 Å². The first-order valence-electron chi connectivity index (χ1n) is 6.00. The predicted molar refractivity (Wildman–Crippen MR) is 84.9 cm³/mol. The predicted octanol–water partition coefficient (Wildman–Crippen LogP) is 4.37. The van der Waals surface area contributed by atoms with Gasteiger partial charge in [-0.15, -0.1) is 11.8 Å². The molecule has 20 heavy (non-hydrogen) atoms. The minimum absolute atomic E-state index is 0.365. The maximum atomic E-state index is 13.6. The average molecular weight is 356 g/mol. The zero-order valence-electron chi connectivity index (χ0n) is 11.2. The molecule has 0 radical (unpaired) electrons. The van der Waals surface area contributed by atoms with Gasteiger partial charge in [-0.2, -0.15) is 0 Å². The van der Waals surface area contributed by atoms with Gasteiger partial charge in [0, 0.05) is 16.5 Å². The number of hydrogen-bond acceptors (Lipinski definition) is 3. The van der Waals surface area contributed by atoms with Crippen LogP contribution in [0.2, 0.25) is 0 Å². The Morgan fingerprint density at radius 1 is 1.25 bits per heavy atom. The van der Waals surface area contributed by atoms with Crippen LogP contribution in [0.3, 0.4) is 0 Å². The van der Waals surface area contributed by atoms with E-state index in [-0.39, 0.29) is 11.9 Å². The summed E-state index contributed by atoms with van der Waals surface area (Å²) in [7, 11) is 1.51. The SMILES string of the molecule is COc1cc(F)c(Br)cc1C(N)c1ccccc1SC. The minimum atomic E-state index is -0.370. The van der Waals surface area contributed by atoms with E-state index in [1.54, 1.807) is 17.8 Å². The summed E-state index contributed by atoms with van der Waals surface area (Å²) in [6, 6.07) is 10.6. The Hall–Kier alpha value is -1.04. The zero-order chi connectivity index (χ0) is 14.7. The fourth-order valence-electron chi connectivity index (χ4n) is 2.05. The van der Waals surface area contributed by atoms with Gasteiger partial charge in [0.15, 0.2) is 0 Å². The fourth-order valence-corrected chi connectivity index (χ4v) is 3.06. The Kier molecular flexibility index (Phi) is 5.07. The van der Waals surface area contributed by atoms with Crippen molar-refractivity contribution in [3.05, 3.63) is 57.8 Å². The van der Waals surface area contributed by atoms with Crippen molar-refractivity contribution in [1.82, 2.24) is 0 Å². The van der Waals surface area contributed by atoms with E-state index in [4.69, 9.17) is 10.5 Å². The Labute approximate surface area is 130 Å². The second-order valence-corrected chi connectivity index (χ2v) is 5.93. The summed E-state index contributed by atoms with van der Waals surface area (Å²) in [5.41, 5.74) is 8.10. The number of benzene rings is 2. The van der Waals surface area contributed by atoms with E-state index in [0.29, 0.717) is 10.2 Å². The molecular formula is C15H15BrFNOS. The molecule has 2 rings (SSSR count). The third-order valence-corrected chi connectivity index (χ3v) is 4.50. The normalized spacial score (nSPS) is 12.2. The lowest BCUT2D eigenvalue weighted by molar-refractivity contribution is 0.403. The molecule has 2 N–H and O–H groups in total. The second kappa shape index (κ2) is 6.61. The maximum Gasteiger partial charge on any atom is 0.141 e. The molecular weight excluding hydrogens is 341 g/mol. The molecule has 0 aliphatic carbocycles. The van der Waals surface area contributed by atoms with Gasteiger partial charge < -0.3 is 10.5 Å². The van der Waals surface area contributed by atoms with Crippen molar-refractivity contribution in [3.8, 4) is 5.75 Å². The van der Waals surface area contributed by atoms with Gasteiger partial charge in [-0.25, -0.2) is 4.39 Å². The van der Waals surface area contributed by atoms with E-state index in [2.05, 4.69) is 15.9 Å². The summed E-state index contributed by atoms with van der Waals surface area (Å²) >= 11 is 4.83. The van der Waals surface area contributed by atoms with Crippen molar-refractivity contribution in [2.45, 2.75) is 10.9 Å². The van der Waals surface area contributed by atoms with Gasteiger partial charge in [0.2, 0.25) is 0 Å². The van der Waals surface area contributed by atoms with Crippen LogP contribution < -0.4 is 10.5 Å². The summed E-state index contributed by atoms with van der Waals surface area (Å²) in [5.74, 6) is 0.0880. The molecule has 2 aromatic carbocycles. The molecule has 0 saturated heterocycles. The third-order valence-electron chi connectivity index (χ3n) is 3.08. The second-order valence-electron chi connectivity index (χ2n) is 4.23. The van der Waals surface area contributed by atoms with Crippen LogP contribution in [-0.4, -0.2) is 13.4 Å². The van der Waals surface area contributed by atoms with Gasteiger partial charge in [0.1, 0.15) is 11.6 Å². The Morgan fingerprint density at radius 3 is 2.60 bits per heavy atom. The maximum absolute atomic E-state index is 13.6. The lowest BCUT2D eigenvalue weighted by atomic mass is 9.98. The first-order chi connectivity index (χ1) is 9.58. The van der Waals surface area contributed by atoms with Crippen molar-refractivity contribution >= 4 is 27.7 Å². The van der Waals surface area contributed by atoms with Gasteiger partial charge in [0.05, 0.1) is 17.6 Å². The van der Waals surface area contributed by atoms with Crippen LogP contribution in [0.1, 0.15) is 17.2 Å². The van der Waals surface area contributed by atoms with Crippen molar-refractivity contribution in [2.24, 2.45) is 5.73 Å². The lowest BCUT2D eigenvalue weighted by Crippen LogP contribution is -2.14. The van der Waals surface area contributed by atoms with Crippen LogP contribution in [-0.2, 0) is 0 Å². The van der Waals surface area contributed by atoms with E-state index >= 15 is 0 Å². The summed E-state index contributed by atoms with van der Waals surface area (Å²) in [4.78, 5) is 1.10. The highest BCUT2D eigenvalue weighted by Crippen LogP contribution is 2.35. The molecule has 106 valence electrons. The summed E-state index contributed by atoms with van der Waals surface area (Å²) in [6.45, 7) is 0. The molecule has 0 spiro atoms. The average Bonchev–Trinajstić information content (AvgIpc) is 2.48. The molecule has 1 atom stereocenters. The van der Waals surface area contributed by atoms with Crippen LogP contribution >= 0.6 is 27.7 Å². The molecule has 0 amide bonds. The Balaban J connectivity index is 2.52. The standard InChI is InChI=1S/C15H15BrFNOS/c1-19-13-8-12(17)11(16)7-10(13)15(18)9-5-3-4-6-14(9)20-2/h3-8,15H,18H2,1-2H3. The molecule has 1 unspecified atom stereocenters. The molecule has 2 aromatic rings. The van der Waals surface area contributed by atoms with Crippen LogP contribution in [0.4, 0.5) is 4.39 Å². The van der Waals surface area contributed by atoms with E-state index in [0.717, 1.165) is 16.0 Å². The molecule has 0 heterocycles. The van der Waals surface area contributed by atoms with E-state index in [9.17, 15) is 4.39 Å². The van der Waals surface area contributed by atoms with Gasteiger partial charge in [0.25, 0.3) is 0 Å². The smallest absolute Gasteiger partial charge is 0.141 e. The molecule has 5 heteroatoms. The van der Waals surface area contributed by atoms with Crippen LogP contribution in [0.5, 0.6) is 5.75 Å². The molecule has 0 aromatic heterocycles. The number of nitrogens with two attached hydrogens (primary N) is 1. The number of thioether (sulfide) groups is 1. The van der Waals surface area contributed by atoms with Gasteiger partial charge in [-0.05, 0) is 39.9 Å². The number of hydrogen-bond donors (Lipinski definition) is 1. The van der Waals surface area contributed by atoms with E-state index < -0.39 is 0 Å². The molecule has 0 fully saturated rings. The molecule has 0 aliphatic heterocycles. The van der Waals surface area contributed by atoms with Gasteiger partial charge >= 0.3 is 0 Å². The Bertz CT molecular complexity index is 621. The summed E-state index contributed by atoms with van der Waals surface area (Å²) in [6.07, 6.45) is 2.00. The number of methoxy groups -OCH3 is 1. The van der Waals surface area contributed by atoms with Crippen LogP contribution in [0.15, 0.2) is 45.8 Å². The van der Waals surface area contributed by atoms with Crippen molar-refractivity contribution in [1.29, 1.82) is 0 Å². The zero-order valence-corrected chi connectivity index (χ0v) is 13.6. The summed E-state index contributed by atoms with van der Waals surface area (Å²) < 4.78 is 19.2. The summed E-state index contributed by atoms with van der Waals surface area (Å²) in [5, 5.41) is 0. The van der Waals surface area contributed by atoms with Crippen molar-refractivity contribution < 1.29 is 9.13 Å². The van der Waals surface area contributed by atoms with E-state index in [1.165, 1.54) is 13.2 Å². The monoisotopic (exact) mass is 355 g/mol. The first kappa shape index (κ1) is 15.4. The Morgan fingerprint density at radius 2 is 1.95 bits per heavy atom. The number of halogens is 2. The van der Waals surface area contributed by atoms with E-state index in [1.807, 2.05) is 30.5 Å². The topological polar surface area (TPSA) is 35.2 Å². The largest absolute Gasteiger partial charge is 0.496 e. The highest BCUT2D eigenvalue weighted by atomic mass is 79.9. The quantitative estimate of drug-likeness (QED) is 0.827. The third kappa shape index (κ3) is 3.00. The molecule has 0 aliphatic rings. The molecule has 0 bridgehead atoms. The van der Waals surface area contributed by atoms with Crippen molar-refractivity contribution in [2.75, 3.05) is 13.4 Å². The number of ether oxygens (including phenoxy) is 1. The highest BCUT2D eigenvalue weighted by molar-refractivity contribution is 9.10. The van der Waals surface area contributed by atoms with Gasteiger partial charge in [-0.3, -0.25) is 0 Å². The number of rotatable bonds is 4. The van der Waals surface area contributed by atoms with Gasteiger partial charge in [-0.1, -0.05) is 18.2 Å². The minimum Gasteiger partial charge on any atom is -0.496 e. The fraction of sp³-hybridized carbons (Fsp3) is 0.200. The first-order valence-corrected chi connectivity index (χ1v) is 8.01. The van der Waals surface area contributed by atoms with Crippen LogP contribution in [0, 0.1) is 5.82 Å².